The number of fused-ring (bicyclic) bond motifs is 6. The molecule has 39 heavy (non-hydrogen) atoms. The van der Waals surface area contributed by atoms with Crippen LogP contribution in [-0.4, -0.2) is 106 Å². The first kappa shape index (κ1) is 24.3. The summed E-state index contributed by atoms with van der Waals surface area (Å²) < 4.78 is 38.9. The third-order valence-corrected chi connectivity index (χ3v) is 8.79. The van der Waals surface area contributed by atoms with Crippen molar-refractivity contribution in [2.45, 2.75) is 61.6 Å². The summed E-state index contributed by atoms with van der Waals surface area (Å²) in [5, 5.41) is 41.7. The zero-order chi connectivity index (χ0) is 27.9. The number of benzene rings is 1. The van der Waals surface area contributed by atoms with Crippen molar-refractivity contribution in [3.63, 3.8) is 0 Å². The maximum absolute atomic E-state index is 12.9. The Bertz CT molecular complexity index is 1350. The zero-order valence-electron chi connectivity index (χ0n) is 22.2. The average molecular weight is 546 g/mol. The largest absolute Gasteiger partial charge is 0.471 e. The number of hydrogen-bond donors (Lipinski definition) is 5. The Morgan fingerprint density at radius 2 is 2.05 bits per heavy atom. The summed E-state index contributed by atoms with van der Waals surface area (Å²) in [6, 6.07) is 7.97. The second-order valence-electron chi connectivity index (χ2n) is 10.7. The van der Waals surface area contributed by atoms with Gasteiger partial charge < -0.3 is 49.1 Å². The van der Waals surface area contributed by atoms with Crippen molar-refractivity contribution < 1.29 is 50.3 Å². The van der Waals surface area contributed by atoms with Crippen LogP contribution in [0.4, 0.5) is 0 Å². The Balaban J connectivity index is 1.28. The van der Waals surface area contributed by atoms with Crippen LogP contribution >= 0.6 is 0 Å². The highest BCUT2D eigenvalue weighted by Crippen LogP contribution is 2.57. The first-order valence-corrected chi connectivity index (χ1v) is 13.1. The Morgan fingerprint density at radius 1 is 1.23 bits per heavy atom. The second-order valence-corrected chi connectivity index (χ2v) is 10.7. The van der Waals surface area contributed by atoms with Gasteiger partial charge in [0.1, 0.15) is 24.4 Å². The highest BCUT2D eigenvalue weighted by atomic mass is 16.8. The molecule has 0 amide bonds. The number of aliphatic hydroxyl groups is 4. The summed E-state index contributed by atoms with van der Waals surface area (Å²) in [6.07, 6.45) is -8.13. The number of rotatable bonds is 4. The smallest absolute Gasteiger partial charge is 0.337 e. The van der Waals surface area contributed by atoms with E-state index in [4.69, 9.17) is 23.7 Å². The van der Waals surface area contributed by atoms with E-state index in [1.807, 2.05) is 24.3 Å². The number of nitrogens with zero attached hydrogens (tertiary/aromatic N) is 1. The molecular formula is C27H32N2O10. The fraction of sp³-hybridized carbons (Fsp3) is 0.593. The van der Waals surface area contributed by atoms with E-state index in [1.54, 1.807) is 0 Å². The molecule has 3 fully saturated rings. The van der Waals surface area contributed by atoms with Crippen molar-refractivity contribution in [2.24, 2.45) is 11.8 Å². The molecule has 1 aromatic heterocycles. The number of esters is 1. The molecule has 5 aliphatic heterocycles. The molecule has 2 aromatic rings. The molecule has 1 spiro atoms. The minimum atomic E-state index is -1.64. The number of para-hydroxylation sites is 1. The average Bonchev–Trinajstić information content (AvgIpc) is 3.53. The molecule has 2 bridgehead atoms. The lowest BCUT2D eigenvalue weighted by Crippen LogP contribution is -2.61. The van der Waals surface area contributed by atoms with Gasteiger partial charge in [0.2, 0.25) is 6.29 Å². The minimum absolute atomic E-state index is 0.180. The third-order valence-electron chi connectivity index (χ3n) is 8.79. The highest BCUT2D eigenvalue weighted by Gasteiger charge is 2.64. The number of methoxy groups -OCH3 is 1. The Kier molecular flexibility index (Phi) is 5.75. The molecule has 0 aliphatic carbocycles. The van der Waals surface area contributed by atoms with Gasteiger partial charge in [-0.2, -0.15) is 0 Å². The van der Waals surface area contributed by atoms with Crippen molar-refractivity contribution in [2.75, 3.05) is 26.8 Å². The lowest BCUT2D eigenvalue weighted by atomic mass is 9.73. The minimum Gasteiger partial charge on any atom is -0.471 e. The SMILES string of the molecule is [2H]C1[C@@H]2C(C(=O)OC)=CO[C@@H](O[C@@H]3O[C@H](CO)[C@@H](O)[C@H](O)[C@H]3O)[C@@H]2[C@H]2CN3CCc4c([nH]c5ccccc45)[C@@]13O2. The number of H-pyrrole nitrogens is 1. The Morgan fingerprint density at radius 3 is 2.85 bits per heavy atom. The van der Waals surface area contributed by atoms with E-state index < -0.39 is 79.6 Å². The van der Waals surface area contributed by atoms with Crippen LogP contribution in [0.1, 0.15) is 19.0 Å². The van der Waals surface area contributed by atoms with Crippen LogP contribution in [-0.2, 0) is 40.6 Å². The van der Waals surface area contributed by atoms with Gasteiger partial charge >= 0.3 is 5.97 Å². The monoisotopic (exact) mass is 545 g/mol. The number of carbonyl (C=O) groups excluding carboxylic acids is 1. The van der Waals surface area contributed by atoms with Gasteiger partial charge in [0, 0.05) is 37.7 Å². The van der Waals surface area contributed by atoms with E-state index in [-0.39, 0.29) is 5.57 Å². The van der Waals surface area contributed by atoms with E-state index in [0.717, 1.165) is 28.6 Å². The number of ether oxygens (including phenoxy) is 5. The zero-order valence-corrected chi connectivity index (χ0v) is 21.2. The number of carbonyl (C=O) groups is 1. The van der Waals surface area contributed by atoms with Crippen LogP contribution in [0.5, 0.6) is 0 Å². The van der Waals surface area contributed by atoms with Gasteiger partial charge in [-0.25, -0.2) is 4.79 Å². The predicted molar refractivity (Wildman–Crippen MR) is 132 cm³/mol. The van der Waals surface area contributed by atoms with Gasteiger partial charge in [-0.05, 0) is 18.1 Å². The number of nitrogens with one attached hydrogen (secondary N) is 1. The molecule has 6 heterocycles. The molecule has 0 saturated carbocycles. The highest BCUT2D eigenvalue weighted by molar-refractivity contribution is 5.89. The summed E-state index contributed by atoms with van der Waals surface area (Å²) >= 11 is 0. The standard InChI is InChI=1S/C27H32N2O10/c1-35-24(34)15-11-36-25(38-26-22(33)21(32)20(31)18(10-30)37-26)19-14(15)8-27-23-13(6-7-29(27)9-17(19)39-27)12-4-2-3-5-16(12)28-23/h2-5,11,14,17-22,25-26,28,30-33H,6-10H2,1H3/t14-,17-,18-,19+,20-,21+,22-,25+,26+,27+/m1/s1/i8D/t8?,14-,17-,18-,19+,20-,21+,22-,25+,26+,27+. The van der Waals surface area contributed by atoms with Crippen LogP contribution < -0.4 is 0 Å². The Labute approximate surface area is 225 Å². The molecule has 12 nitrogen and oxygen atoms in total. The van der Waals surface area contributed by atoms with Gasteiger partial charge in [0.05, 0.1) is 43.3 Å². The molecule has 0 radical (unpaired) electrons. The van der Waals surface area contributed by atoms with Crippen molar-refractivity contribution in [3.8, 4) is 0 Å². The molecule has 1 unspecified atom stereocenters. The van der Waals surface area contributed by atoms with Gasteiger partial charge in [0.25, 0.3) is 0 Å². The van der Waals surface area contributed by atoms with Gasteiger partial charge in [0.15, 0.2) is 12.0 Å². The maximum Gasteiger partial charge on any atom is 0.337 e. The fourth-order valence-electron chi connectivity index (χ4n) is 6.88. The van der Waals surface area contributed by atoms with Crippen molar-refractivity contribution in [3.05, 3.63) is 47.4 Å². The molecule has 210 valence electrons. The van der Waals surface area contributed by atoms with Crippen LogP contribution in [0, 0.1) is 11.8 Å². The van der Waals surface area contributed by atoms with E-state index in [9.17, 15) is 26.6 Å². The second kappa shape index (κ2) is 9.25. The molecule has 7 rings (SSSR count). The molecule has 11 atom stereocenters. The molecule has 12 heteroatoms. The summed E-state index contributed by atoms with van der Waals surface area (Å²) in [4.78, 5) is 18.6. The first-order valence-electron chi connectivity index (χ1n) is 13.7. The number of aromatic nitrogens is 1. The lowest BCUT2D eigenvalue weighted by molar-refractivity contribution is -0.350. The topological polar surface area (TPSA) is 163 Å². The van der Waals surface area contributed by atoms with E-state index >= 15 is 0 Å². The van der Waals surface area contributed by atoms with Crippen LogP contribution in [0.25, 0.3) is 10.9 Å². The van der Waals surface area contributed by atoms with Crippen LogP contribution in [0.15, 0.2) is 36.1 Å². The van der Waals surface area contributed by atoms with Crippen LogP contribution in [0.3, 0.4) is 0 Å². The molecule has 3 saturated heterocycles. The molecule has 5 N–H and O–H groups in total. The van der Waals surface area contributed by atoms with Crippen LogP contribution in [0.2, 0.25) is 0 Å². The predicted octanol–water partition coefficient (Wildman–Crippen LogP) is -0.557. The normalized spacial score (nSPS) is 43.5. The quantitative estimate of drug-likeness (QED) is 0.313. The van der Waals surface area contributed by atoms with E-state index in [1.165, 1.54) is 13.4 Å². The summed E-state index contributed by atoms with van der Waals surface area (Å²) in [5.74, 6) is -2.05. The number of aliphatic hydroxyl groups excluding tert-OH is 4. The number of hydrogen-bond acceptors (Lipinski definition) is 11. The molecule has 5 aliphatic rings. The van der Waals surface area contributed by atoms with Crippen molar-refractivity contribution >= 4 is 16.9 Å². The van der Waals surface area contributed by atoms with E-state index in [0.29, 0.717) is 13.1 Å². The number of aromatic amines is 1. The van der Waals surface area contributed by atoms with Crippen molar-refractivity contribution in [1.82, 2.24) is 9.88 Å². The third kappa shape index (κ3) is 3.64. The lowest BCUT2D eigenvalue weighted by Gasteiger charge is -2.50. The summed E-state index contributed by atoms with van der Waals surface area (Å²) in [5.41, 5.74) is 1.89. The van der Waals surface area contributed by atoms with Gasteiger partial charge in [-0.1, -0.05) is 18.2 Å². The van der Waals surface area contributed by atoms with Gasteiger partial charge in [-0.15, -0.1) is 0 Å². The molecule has 1 aromatic carbocycles. The fourth-order valence-corrected chi connectivity index (χ4v) is 6.88. The summed E-state index contributed by atoms with van der Waals surface area (Å²) in [6.45, 7) is 0.480. The Hall–Kier alpha value is -2.55. The van der Waals surface area contributed by atoms with E-state index in [2.05, 4.69) is 9.88 Å². The molecular weight excluding hydrogens is 512 g/mol. The summed E-state index contributed by atoms with van der Waals surface area (Å²) in [7, 11) is 1.27. The first-order chi connectivity index (χ1) is 19.3. The van der Waals surface area contributed by atoms with Crippen molar-refractivity contribution in [1.29, 1.82) is 0 Å². The maximum atomic E-state index is 12.9. The van der Waals surface area contributed by atoms with Gasteiger partial charge in [-0.3, -0.25) is 4.90 Å².